The van der Waals surface area contributed by atoms with Gasteiger partial charge in [0.25, 0.3) is 0 Å². The van der Waals surface area contributed by atoms with Crippen LogP contribution in [0.1, 0.15) is 36.8 Å². The van der Waals surface area contributed by atoms with Gasteiger partial charge in [0.15, 0.2) is 12.4 Å². The van der Waals surface area contributed by atoms with E-state index in [0.717, 1.165) is 47.1 Å². The van der Waals surface area contributed by atoms with E-state index >= 15 is 0 Å². The molecule has 1 heterocycles. The van der Waals surface area contributed by atoms with E-state index in [1.807, 2.05) is 24.3 Å². The first kappa shape index (κ1) is 15.3. The van der Waals surface area contributed by atoms with Crippen LogP contribution in [0.3, 0.4) is 0 Å². The molecular formula is C18H21NO2. The maximum atomic E-state index is 11.5. The fourth-order valence-corrected chi connectivity index (χ4v) is 2.31. The Labute approximate surface area is 125 Å². The Bertz CT molecular complexity index is 579. The minimum Gasteiger partial charge on any atom is -0.619 e. The van der Waals surface area contributed by atoms with Crippen molar-refractivity contribution < 1.29 is 9.84 Å². The van der Waals surface area contributed by atoms with Gasteiger partial charge in [0.1, 0.15) is 0 Å². The Balaban J connectivity index is 2.21. The van der Waals surface area contributed by atoms with Gasteiger partial charge in [0.2, 0.25) is 0 Å². The highest BCUT2D eigenvalue weighted by Gasteiger charge is 2.07. The van der Waals surface area contributed by atoms with Crippen molar-refractivity contribution in [1.82, 2.24) is 0 Å². The molecular weight excluding hydrogens is 262 g/mol. The summed E-state index contributed by atoms with van der Waals surface area (Å²) in [6.45, 7) is 0.254. The summed E-state index contributed by atoms with van der Waals surface area (Å²) in [6, 6.07) is 13.8. The fraction of sp³-hybridized carbons (Fsp3) is 0.278. The molecule has 0 amide bonds. The molecule has 21 heavy (non-hydrogen) atoms. The molecule has 0 aliphatic heterocycles. The minimum absolute atomic E-state index is 0.254. The molecule has 0 aliphatic rings. The van der Waals surface area contributed by atoms with Crippen LogP contribution in [0.4, 0.5) is 0 Å². The Morgan fingerprint density at radius 1 is 1.00 bits per heavy atom. The van der Waals surface area contributed by atoms with Crippen LogP contribution in [0, 0.1) is 5.21 Å². The smallest absolute Gasteiger partial charge is 0.188 e. The van der Waals surface area contributed by atoms with E-state index in [4.69, 9.17) is 5.11 Å². The number of allylic oxidation sites excluding steroid dienone is 1. The van der Waals surface area contributed by atoms with Crippen molar-refractivity contribution >= 4 is 5.57 Å². The lowest BCUT2D eigenvalue weighted by Gasteiger charge is -2.08. The predicted octanol–water partition coefficient (Wildman–Crippen LogP) is 3.30. The number of aliphatic hydroxyl groups is 1. The van der Waals surface area contributed by atoms with Crippen LogP contribution in [-0.2, 0) is 0 Å². The molecule has 2 rings (SSSR count). The standard InChI is InChI=1S/C18H21NO2/c20-14-7-2-1-6-12-18(16-9-4-3-5-10-16)17-11-8-13-19(21)15-17/h3-5,8-13,15,20H,1-2,6-7,14H2. The number of aliphatic hydroxyl groups excluding tert-OH is 1. The Hall–Kier alpha value is -2.13. The van der Waals surface area contributed by atoms with Crippen LogP contribution in [0.25, 0.3) is 5.57 Å². The maximum Gasteiger partial charge on any atom is 0.188 e. The number of hydrogen-bond donors (Lipinski definition) is 1. The molecule has 0 saturated carbocycles. The van der Waals surface area contributed by atoms with Crippen LogP contribution in [0.5, 0.6) is 0 Å². The summed E-state index contributed by atoms with van der Waals surface area (Å²) in [5, 5.41) is 20.3. The molecule has 0 aliphatic carbocycles. The summed E-state index contributed by atoms with van der Waals surface area (Å²) in [7, 11) is 0. The average Bonchev–Trinajstić information content (AvgIpc) is 2.52. The number of nitrogens with zero attached hydrogens (tertiary/aromatic N) is 1. The number of pyridine rings is 1. The first-order chi connectivity index (χ1) is 10.3. The number of benzene rings is 1. The zero-order chi connectivity index (χ0) is 14.9. The molecule has 1 aromatic carbocycles. The first-order valence-corrected chi connectivity index (χ1v) is 7.37. The van der Waals surface area contributed by atoms with Gasteiger partial charge >= 0.3 is 0 Å². The molecule has 0 saturated heterocycles. The highest BCUT2D eigenvalue weighted by atomic mass is 16.5. The van der Waals surface area contributed by atoms with Gasteiger partial charge in [0, 0.05) is 18.2 Å². The van der Waals surface area contributed by atoms with Gasteiger partial charge in [-0.2, -0.15) is 4.73 Å². The molecule has 0 spiro atoms. The van der Waals surface area contributed by atoms with Crippen LogP contribution in [0.15, 0.2) is 60.9 Å². The second-order valence-corrected chi connectivity index (χ2v) is 5.01. The van der Waals surface area contributed by atoms with Gasteiger partial charge in [-0.3, -0.25) is 0 Å². The maximum absolute atomic E-state index is 11.5. The van der Waals surface area contributed by atoms with E-state index in [-0.39, 0.29) is 6.61 Å². The molecule has 1 N–H and O–H groups in total. The minimum atomic E-state index is 0.254. The van der Waals surface area contributed by atoms with Gasteiger partial charge < -0.3 is 10.3 Å². The van der Waals surface area contributed by atoms with Gasteiger partial charge in [-0.1, -0.05) is 42.8 Å². The van der Waals surface area contributed by atoms with Crippen LogP contribution < -0.4 is 4.73 Å². The number of hydrogen-bond acceptors (Lipinski definition) is 2. The number of unbranched alkanes of at least 4 members (excludes halogenated alkanes) is 3. The third-order valence-electron chi connectivity index (χ3n) is 3.38. The van der Waals surface area contributed by atoms with Crippen molar-refractivity contribution in [2.45, 2.75) is 25.7 Å². The first-order valence-electron chi connectivity index (χ1n) is 7.37. The van der Waals surface area contributed by atoms with E-state index in [1.165, 1.54) is 6.20 Å². The predicted molar refractivity (Wildman–Crippen MR) is 84.5 cm³/mol. The van der Waals surface area contributed by atoms with Gasteiger partial charge in [0.05, 0.1) is 0 Å². The van der Waals surface area contributed by atoms with E-state index in [2.05, 4.69) is 18.2 Å². The van der Waals surface area contributed by atoms with E-state index in [0.29, 0.717) is 0 Å². The van der Waals surface area contributed by atoms with E-state index in [1.54, 1.807) is 12.3 Å². The fourth-order valence-electron chi connectivity index (χ4n) is 2.31. The summed E-state index contributed by atoms with van der Waals surface area (Å²) in [5.41, 5.74) is 3.14. The van der Waals surface area contributed by atoms with E-state index < -0.39 is 0 Å². The Morgan fingerprint density at radius 2 is 1.76 bits per heavy atom. The monoisotopic (exact) mass is 283 g/mol. The van der Waals surface area contributed by atoms with Crippen molar-refractivity contribution in [3.05, 3.63) is 77.3 Å². The molecule has 110 valence electrons. The summed E-state index contributed by atoms with van der Waals surface area (Å²) in [4.78, 5) is 0. The van der Waals surface area contributed by atoms with Crippen molar-refractivity contribution in [2.75, 3.05) is 6.61 Å². The van der Waals surface area contributed by atoms with Crippen molar-refractivity contribution in [3.8, 4) is 0 Å². The van der Waals surface area contributed by atoms with Crippen LogP contribution in [0.2, 0.25) is 0 Å². The molecule has 2 aromatic rings. The lowest BCUT2D eigenvalue weighted by atomic mass is 9.97. The SMILES string of the molecule is [O-][n+]1cccc(C(=CCCCCCO)c2ccccc2)c1. The zero-order valence-electron chi connectivity index (χ0n) is 12.1. The van der Waals surface area contributed by atoms with E-state index in [9.17, 15) is 5.21 Å². The third kappa shape index (κ3) is 4.72. The quantitative estimate of drug-likeness (QED) is 0.481. The highest BCUT2D eigenvalue weighted by Crippen LogP contribution is 2.23. The van der Waals surface area contributed by atoms with Crippen molar-refractivity contribution in [1.29, 1.82) is 0 Å². The molecule has 1 aromatic heterocycles. The second-order valence-electron chi connectivity index (χ2n) is 5.01. The lowest BCUT2D eigenvalue weighted by molar-refractivity contribution is -0.605. The van der Waals surface area contributed by atoms with Gasteiger partial charge in [-0.25, -0.2) is 0 Å². The normalized spacial score (nSPS) is 11.6. The van der Waals surface area contributed by atoms with Crippen LogP contribution in [-0.4, -0.2) is 11.7 Å². The van der Waals surface area contributed by atoms with Crippen molar-refractivity contribution in [2.24, 2.45) is 0 Å². The molecule has 3 heteroatoms. The van der Waals surface area contributed by atoms with Gasteiger partial charge in [-0.05, 0) is 36.5 Å². The van der Waals surface area contributed by atoms with Crippen LogP contribution >= 0.6 is 0 Å². The molecule has 0 unspecified atom stereocenters. The summed E-state index contributed by atoms with van der Waals surface area (Å²) < 4.78 is 0.831. The summed E-state index contributed by atoms with van der Waals surface area (Å²) >= 11 is 0. The average molecular weight is 283 g/mol. The highest BCUT2D eigenvalue weighted by molar-refractivity contribution is 5.79. The topological polar surface area (TPSA) is 47.2 Å². The molecule has 3 nitrogen and oxygen atoms in total. The largest absolute Gasteiger partial charge is 0.619 e. The Morgan fingerprint density at radius 3 is 2.48 bits per heavy atom. The third-order valence-corrected chi connectivity index (χ3v) is 3.38. The molecule has 0 radical (unpaired) electrons. The second kappa shape index (κ2) is 8.22. The Kier molecular flexibility index (Phi) is 5.98. The summed E-state index contributed by atoms with van der Waals surface area (Å²) in [5.74, 6) is 0. The lowest BCUT2D eigenvalue weighted by Crippen LogP contribution is -2.24. The molecule has 0 fully saturated rings. The summed E-state index contributed by atoms with van der Waals surface area (Å²) in [6.07, 6.45) is 9.13. The zero-order valence-corrected chi connectivity index (χ0v) is 12.1. The van der Waals surface area contributed by atoms with Gasteiger partial charge in [-0.15, -0.1) is 0 Å². The number of rotatable bonds is 7. The molecule has 0 bridgehead atoms. The molecule has 0 atom stereocenters. The van der Waals surface area contributed by atoms with Crippen molar-refractivity contribution in [3.63, 3.8) is 0 Å². The number of aromatic nitrogens is 1.